The smallest absolute Gasteiger partial charge is 0.233 e. The highest BCUT2D eigenvalue weighted by Gasteiger charge is 2.19. The maximum Gasteiger partial charge on any atom is 0.233 e. The van der Waals surface area contributed by atoms with Crippen LogP contribution in [0, 0.1) is 6.92 Å². The second-order valence-electron chi connectivity index (χ2n) is 6.62. The van der Waals surface area contributed by atoms with Gasteiger partial charge in [-0.05, 0) is 30.2 Å². The number of primary amides is 1. The van der Waals surface area contributed by atoms with Crippen molar-refractivity contribution in [2.45, 2.75) is 31.6 Å². The van der Waals surface area contributed by atoms with E-state index in [0.717, 1.165) is 11.1 Å². The monoisotopic (exact) mass is 413 g/mol. The van der Waals surface area contributed by atoms with Crippen LogP contribution in [0.2, 0.25) is 0 Å². The molecule has 9 heteroatoms. The van der Waals surface area contributed by atoms with Crippen LogP contribution in [-0.4, -0.2) is 44.3 Å². The van der Waals surface area contributed by atoms with Gasteiger partial charge in [0.2, 0.25) is 11.8 Å². The number of nitrogens with two attached hydrogens (primary N) is 1. The number of rotatable bonds is 9. The number of carbonyl (C=O) groups is 2. The van der Waals surface area contributed by atoms with Gasteiger partial charge in [-0.1, -0.05) is 36.0 Å². The van der Waals surface area contributed by atoms with E-state index in [1.165, 1.54) is 11.8 Å². The average molecular weight is 414 g/mol. The van der Waals surface area contributed by atoms with Gasteiger partial charge in [0.05, 0.1) is 12.0 Å². The molecule has 152 valence electrons. The molecule has 2 N–H and O–H groups in total. The normalized spacial score (nSPS) is 10.8. The number of nitrogens with zero attached hydrogens (tertiary/aromatic N) is 4. The fourth-order valence-corrected chi connectivity index (χ4v) is 3.68. The van der Waals surface area contributed by atoms with Crippen molar-refractivity contribution in [3.05, 3.63) is 53.8 Å². The Morgan fingerprint density at radius 2 is 2.00 bits per heavy atom. The summed E-state index contributed by atoms with van der Waals surface area (Å²) in [6.45, 7) is 2.88. The Morgan fingerprint density at radius 3 is 2.69 bits per heavy atom. The second-order valence-corrected chi connectivity index (χ2v) is 7.56. The molecular formula is C20H23N5O3S. The van der Waals surface area contributed by atoms with E-state index in [1.54, 1.807) is 34.9 Å². The molecule has 3 aromatic rings. The van der Waals surface area contributed by atoms with Gasteiger partial charge in [-0.3, -0.25) is 14.2 Å². The Kier molecular flexibility index (Phi) is 6.71. The molecule has 0 spiro atoms. The number of hydrogen-bond acceptors (Lipinski definition) is 6. The Labute approximate surface area is 173 Å². The molecule has 0 aliphatic carbocycles. The van der Waals surface area contributed by atoms with Crippen molar-refractivity contribution in [3.63, 3.8) is 0 Å². The lowest BCUT2D eigenvalue weighted by atomic mass is 10.1. The third kappa shape index (κ3) is 5.26. The molecule has 0 fully saturated rings. The molecule has 1 aromatic carbocycles. The van der Waals surface area contributed by atoms with Gasteiger partial charge in [0.25, 0.3) is 0 Å². The highest BCUT2D eigenvalue weighted by atomic mass is 32.2. The summed E-state index contributed by atoms with van der Waals surface area (Å²) in [5, 5.41) is 8.87. The molecule has 0 unspecified atom stereocenters. The van der Waals surface area contributed by atoms with Gasteiger partial charge < -0.3 is 15.1 Å². The van der Waals surface area contributed by atoms with Gasteiger partial charge in [0.1, 0.15) is 0 Å². The van der Waals surface area contributed by atoms with Gasteiger partial charge in [-0.2, -0.15) is 0 Å². The van der Waals surface area contributed by atoms with Crippen molar-refractivity contribution in [2.75, 3.05) is 12.8 Å². The number of thioether (sulfide) groups is 1. The van der Waals surface area contributed by atoms with Crippen LogP contribution in [0.3, 0.4) is 0 Å². The number of aryl methyl sites for hydroxylation is 1. The molecule has 2 amide bonds. The Morgan fingerprint density at radius 1 is 1.21 bits per heavy atom. The SMILES string of the molecule is Cc1ccccc1CN(C)C(=O)CSc1nnc(-c2ccco2)n1CCC(N)=O. The maximum absolute atomic E-state index is 12.6. The average Bonchev–Trinajstić information content (AvgIpc) is 3.35. The topological polar surface area (TPSA) is 107 Å². The molecule has 0 aliphatic heterocycles. The summed E-state index contributed by atoms with van der Waals surface area (Å²) in [5.41, 5.74) is 7.55. The van der Waals surface area contributed by atoms with E-state index in [0.29, 0.717) is 29.8 Å². The van der Waals surface area contributed by atoms with Crippen molar-refractivity contribution < 1.29 is 14.0 Å². The van der Waals surface area contributed by atoms with E-state index in [2.05, 4.69) is 10.2 Å². The van der Waals surface area contributed by atoms with Crippen molar-refractivity contribution in [3.8, 4) is 11.6 Å². The number of amides is 2. The second kappa shape index (κ2) is 9.42. The molecule has 0 radical (unpaired) electrons. The van der Waals surface area contributed by atoms with E-state index in [9.17, 15) is 9.59 Å². The van der Waals surface area contributed by atoms with Crippen LogP contribution in [0.15, 0.2) is 52.2 Å². The van der Waals surface area contributed by atoms with Crippen LogP contribution in [-0.2, 0) is 22.7 Å². The third-order valence-electron chi connectivity index (χ3n) is 4.46. The van der Waals surface area contributed by atoms with Crippen LogP contribution in [0.1, 0.15) is 17.5 Å². The van der Waals surface area contributed by atoms with Crippen LogP contribution < -0.4 is 5.73 Å². The quantitative estimate of drug-likeness (QED) is 0.540. The molecule has 0 aliphatic rings. The van der Waals surface area contributed by atoms with Gasteiger partial charge in [-0.25, -0.2) is 0 Å². The zero-order chi connectivity index (χ0) is 20.8. The van der Waals surface area contributed by atoms with Gasteiger partial charge in [-0.15, -0.1) is 10.2 Å². The molecule has 8 nitrogen and oxygen atoms in total. The number of carbonyl (C=O) groups excluding carboxylic acids is 2. The van der Waals surface area contributed by atoms with Gasteiger partial charge >= 0.3 is 0 Å². The number of furan rings is 1. The first kappa shape index (κ1) is 20.7. The summed E-state index contributed by atoms with van der Waals surface area (Å²) in [6.07, 6.45) is 1.68. The molecule has 3 rings (SSSR count). The lowest BCUT2D eigenvalue weighted by Gasteiger charge is -2.18. The summed E-state index contributed by atoms with van der Waals surface area (Å²) in [5.74, 6) is 0.794. The number of hydrogen-bond donors (Lipinski definition) is 1. The minimum absolute atomic E-state index is 0.0257. The highest BCUT2D eigenvalue weighted by molar-refractivity contribution is 7.99. The standard InChI is InChI=1S/C20H23N5O3S/c1-14-6-3-4-7-15(14)12-24(2)18(27)13-29-20-23-22-19(16-8-5-11-28-16)25(20)10-9-17(21)26/h3-8,11H,9-10,12-13H2,1-2H3,(H2,21,26). The van der Waals surface area contributed by atoms with Crippen molar-refractivity contribution >= 4 is 23.6 Å². The summed E-state index contributed by atoms with van der Waals surface area (Å²) < 4.78 is 7.15. The minimum atomic E-state index is -0.422. The van der Waals surface area contributed by atoms with Crippen molar-refractivity contribution in [2.24, 2.45) is 5.73 Å². The zero-order valence-electron chi connectivity index (χ0n) is 16.4. The van der Waals surface area contributed by atoms with Crippen molar-refractivity contribution in [1.29, 1.82) is 0 Å². The third-order valence-corrected chi connectivity index (χ3v) is 5.41. The molecule has 0 saturated heterocycles. The predicted octanol–water partition coefficient (Wildman–Crippen LogP) is 2.47. The molecule has 29 heavy (non-hydrogen) atoms. The van der Waals surface area contributed by atoms with E-state index in [1.807, 2.05) is 31.2 Å². The van der Waals surface area contributed by atoms with Crippen LogP contribution in [0.4, 0.5) is 0 Å². The largest absolute Gasteiger partial charge is 0.461 e. The van der Waals surface area contributed by atoms with Gasteiger partial charge in [0, 0.05) is 26.6 Å². The fraction of sp³-hybridized carbons (Fsp3) is 0.300. The molecule has 0 atom stereocenters. The van der Waals surface area contributed by atoms with Gasteiger partial charge in [0.15, 0.2) is 16.7 Å². The minimum Gasteiger partial charge on any atom is -0.461 e. The Hall–Kier alpha value is -3.07. The van der Waals surface area contributed by atoms with E-state index >= 15 is 0 Å². The van der Waals surface area contributed by atoms with Crippen LogP contribution >= 0.6 is 11.8 Å². The predicted molar refractivity (Wildman–Crippen MR) is 110 cm³/mol. The lowest BCUT2D eigenvalue weighted by molar-refractivity contribution is -0.127. The Balaban J connectivity index is 1.68. The zero-order valence-corrected chi connectivity index (χ0v) is 17.2. The lowest BCUT2D eigenvalue weighted by Crippen LogP contribution is -2.28. The number of aromatic nitrogens is 3. The maximum atomic E-state index is 12.6. The van der Waals surface area contributed by atoms with Crippen molar-refractivity contribution in [1.82, 2.24) is 19.7 Å². The van der Waals surface area contributed by atoms with E-state index < -0.39 is 5.91 Å². The van der Waals surface area contributed by atoms with E-state index in [-0.39, 0.29) is 18.1 Å². The first-order chi connectivity index (χ1) is 14.0. The first-order valence-corrected chi connectivity index (χ1v) is 10.1. The number of benzene rings is 1. The highest BCUT2D eigenvalue weighted by Crippen LogP contribution is 2.25. The molecular weight excluding hydrogens is 390 g/mol. The Bertz CT molecular complexity index is 984. The van der Waals surface area contributed by atoms with Crippen LogP contribution in [0.25, 0.3) is 11.6 Å². The molecule has 2 aromatic heterocycles. The van der Waals surface area contributed by atoms with Crippen LogP contribution in [0.5, 0.6) is 0 Å². The summed E-state index contributed by atoms with van der Waals surface area (Å²) in [4.78, 5) is 25.5. The fourth-order valence-electron chi connectivity index (χ4n) is 2.77. The molecule has 0 saturated carbocycles. The first-order valence-electron chi connectivity index (χ1n) is 9.12. The summed E-state index contributed by atoms with van der Waals surface area (Å²) in [7, 11) is 1.78. The molecule has 0 bridgehead atoms. The van der Waals surface area contributed by atoms with E-state index in [4.69, 9.17) is 10.2 Å². The summed E-state index contributed by atoms with van der Waals surface area (Å²) >= 11 is 1.27. The molecule has 2 heterocycles. The summed E-state index contributed by atoms with van der Waals surface area (Å²) in [6, 6.07) is 11.5.